The van der Waals surface area contributed by atoms with Crippen molar-refractivity contribution in [2.24, 2.45) is 0 Å². The Bertz CT molecular complexity index is 2380. The SMILES string of the molecule is CC1(C)OB(c2cccc(-c3nc4ccccc4c4c3c(C(F)(F)F)cc3nc(-c5ccccc5)c(-c5ccccc5)nc34)c2)OC1(C)C. The van der Waals surface area contributed by atoms with Gasteiger partial charge >= 0.3 is 13.3 Å². The molecular weight excluding hydrogens is 622 g/mol. The van der Waals surface area contributed by atoms with Gasteiger partial charge in [-0.1, -0.05) is 103 Å². The summed E-state index contributed by atoms with van der Waals surface area (Å²) < 4.78 is 58.5. The third-order valence-electron chi connectivity index (χ3n) is 9.69. The molecule has 1 aliphatic heterocycles. The van der Waals surface area contributed by atoms with Crippen LogP contribution in [-0.4, -0.2) is 33.3 Å². The molecule has 1 fully saturated rings. The van der Waals surface area contributed by atoms with Crippen LogP contribution in [0, 0.1) is 0 Å². The van der Waals surface area contributed by atoms with Crippen LogP contribution in [0.4, 0.5) is 13.2 Å². The Balaban J connectivity index is 1.47. The molecule has 3 heterocycles. The third kappa shape index (κ3) is 5.25. The molecule has 242 valence electrons. The summed E-state index contributed by atoms with van der Waals surface area (Å²) in [4.78, 5) is 15.0. The van der Waals surface area contributed by atoms with Gasteiger partial charge in [-0.2, -0.15) is 13.2 Å². The second-order valence-electron chi connectivity index (χ2n) is 13.4. The number of para-hydroxylation sites is 1. The summed E-state index contributed by atoms with van der Waals surface area (Å²) in [5, 5.41) is 0.863. The number of halogens is 3. The van der Waals surface area contributed by atoms with Gasteiger partial charge in [-0.05, 0) is 45.3 Å². The smallest absolute Gasteiger partial charge is 0.399 e. The second kappa shape index (κ2) is 11.2. The van der Waals surface area contributed by atoms with Gasteiger partial charge in [-0.25, -0.2) is 15.0 Å². The quantitative estimate of drug-likeness (QED) is 0.140. The standard InChI is InChI=1S/C40H31BF3N3O2/c1-38(2)39(3,4)49-41(48-38)27-19-13-18-26(22-27)34-33-29(40(42,43)44)23-31-37(32(33)28-20-11-12-21-30(28)45-34)47-36(25-16-9-6-10-17-25)35(46-31)24-14-7-5-8-15-24/h5-23H,1-4H3. The number of hydrogen-bond donors (Lipinski definition) is 0. The van der Waals surface area contributed by atoms with E-state index in [1.165, 1.54) is 0 Å². The molecule has 0 N–H and O–H groups in total. The summed E-state index contributed by atoms with van der Waals surface area (Å²) in [5.74, 6) is 0. The molecule has 0 amide bonds. The summed E-state index contributed by atoms with van der Waals surface area (Å²) in [5.41, 5.74) is 3.07. The normalized spacial score (nSPS) is 15.8. The molecule has 1 saturated heterocycles. The van der Waals surface area contributed by atoms with Crippen molar-refractivity contribution in [1.29, 1.82) is 0 Å². The lowest BCUT2D eigenvalue weighted by molar-refractivity contribution is -0.136. The zero-order chi connectivity index (χ0) is 34.1. The van der Waals surface area contributed by atoms with Gasteiger partial charge in [0.1, 0.15) is 0 Å². The van der Waals surface area contributed by atoms with Gasteiger partial charge in [0.2, 0.25) is 0 Å². The zero-order valence-corrected chi connectivity index (χ0v) is 27.3. The summed E-state index contributed by atoms with van der Waals surface area (Å²) in [7, 11) is -0.699. The molecule has 49 heavy (non-hydrogen) atoms. The van der Waals surface area contributed by atoms with Gasteiger partial charge in [0.05, 0.1) is 50.4 Å². The predicted molar refractivity (Wildman–Crippen MR) is 189 cm³/mol. The van der Waals surface area contributed by atoms with Gasteiger partial charge in [0, 0.05) is 32.8 Å². The maximum absolute atomic E-state index is 15.3. The molecule has 8 rings (SSSR count). The van der Waals surface area contributed by atoms with E-state index in [9.17, 15) is 0 Å². The molecule has 5 nitrogen and oxygen atoms in total. The molecule has 2 aromatic heterocycles. The van der Waals surface area contributed by atoms with Crippen molar-refractivity contribution in [2.75, 3.05) is 0 Å². The van der Waals surface area contributed by atoms with E-state index >= 15 is 13.2 Å². The van der Waals surface area contributed by atoms with E-state index in [0.717, 1.165) is 17.2 Å². The van der Waals surface area contributed by atoms with Crippen LogP contribution in [0.25, 0.3) is 66.5 Å². The molecule has 0 unspecified atom stereocenters. The number of fused-ring (bicyclic) bond motifs is 5. The molecule has 0 aliphatic carbocycles. The molecule has 7 aromatic rings. The molecular formula is C40H31BF3N3O2. The van der Waals surface area contributed by atoms with Crippen molar-refractivity contribution in [3.63, 3.8) is 0 Å². The van der Waals surface area contributed by atoms with Crippen LogP contribution in [0.3, 0.4) is 0 Å². The summed E-state index contributed by atoms with van der Waals surface area (Å²) in [6.07, 6.45) is -4.72. The molecule has 0 bridgehead atoms. The van der Waals surface area contributed by atoms with Crippen molar-refractivity contribution in [1.82, 2.24) is 15.0 Å². The minimum Gasteiger partial charge on any atom is -0.399 e. The lowest BCUT2D eigenvalue weighted by Gasteiger charge is -2.32. The second-order valence-corrected chi connectivity index (χ2v) is 13.4. The fourth-order valence-corrected chi connectivity index (χ4v) is 6.50. The Hall–Kier alpha value is -5.12. The molecule has 0 saturated carbocycles. The molecule has 9 heteroatoms. The number of aromatic nitrogens is 3. The Morgan fingerprint density at radius 2 is 1.10 bits per heavy atom. The number of nitrogens with zero attached hydrogens (tertiary/aromatic N) is 3. The van der Waals surface area contributed by atoms with Crippen LogP contribution in [-0.2, 0) is 15.5 Å². The Morgan fingerprint density at radius 1 is 0.551 bits per heavy atom. The minimum absolute atomic E-state index is 0.0365. The van der Waals surface area contributed by atoms with Crippen molar-refractivity contribution < 1.29 is 22.5 Å². The first-order valence-electron chi connectivity index (χ1n) is 16.1. The fraction of sp³-hybridized carbons (Fsp3) is 0.175. The topological polar surface area (TPSA) is 57.1 Å². The highest BCUT2D eigenvalue weighted by molar-refractivity contribution is 6.62. The summed E-state index contributed by atoms with van der Waals surface area (Å²) >= 11 is 0. The van der Waals surface area contributed by atoms with Crippen molar-refractivity contribution in [2.45, 2.75) is 45.1 Å². The summed E-state index contributed by atoms with van der Waals surface area (Å²) in [6.45, 7) is 7.85. The van der Waals surface area contributed by atoms with Crippen LogP contribution in [0.15, 0.2) is 115 Å². The average Bonchev–Trinajstić information content (AvgIpc) is 3.33. The van der Waals surface area contributed by atoms with E-state index < -0.39 is 30.1 Å². The largest absolute Gasteiger partial charge is 0.494 e. The lowest BCUT2D eigenvalue weighted by atomic mass is 9.78. The lowest BCUT2D eigenvalue weighted by Crippen LogP contribution is -2.41. The predicted octanol–water partition coefficient (Wildman–Crippen LogP) is 9.65. The number of rotatable bonds is 4. The molecule has 5 aromatic carbocycles. The number of hydrogen-bond acceptors (Lipinski definition) is 5. The van der Waals surface area contributed by atoms with E-state index in [4.69, 9.17) is 24.3 Å². The molecule has 0 radical (unpaired) electrons. The third-order valence-corrected chi connectivity index (χ3v) is 9.69. The van der Waals surface area contributed by atoms with Crippen molar-refractivity contribution in [3.05, 3.63) is 121 Å². The van der Waals surface area contributed by atoms with E-state index in [0.29, 0.717) is 44.2 Å². The highest BCUT2D eigenvalue weighted by Crippen LogP contribution is 2.45. The first-order chi connectivity index (χ1) is 23.4. The number of alkyl halides is 3. The highest BCUT2D eigenvalue weighted by Gasteiger charge is 2.51. The van der Waals surface area contributed by atoms with Gasteiger partial charge in [-0.15, -0.1) is 0 Å². The van der Waals surface area contributed by atoms with Gasteiger partial charge < -0.3 is 9.31 Å². The Labute approximate surface area is 281 Å². The molecule has 0 atom stereocenters. The first-order valence-corrected chi connectivity index (χ1v) is 16.1. The highest BCUT2D eigenvalue weighted by atomic mass is 19.4. The van der Waals surface area contributed by atoms with Gasteiger partial charge in [0.15, 0.2) is 0 Å². The van der Waals surface area contributed by atoms with Crippen LogP contribution in [0.1, 0.15) is 33.3 Å². The Kier molecular flexibility index (Phi) is 7.14. The van der Waals surface area contributed by atoms with Crippen molar-refractivity contribution in [3.8, 4) is 33.8 Å². The van der Waals surface area contributed by atoms with E-state index in [2.05, 4.69) is 0 Å². The summed E-state index contributed by atoms with van der Waals surface area (Å²) in [6, 6.07) is 34.6. The minimum atomic E-state index is -4.72. The maximum Gasteiger partial charge on any atom is 0.494 e. The molecule has 1 aliphatic rings. The number of benzene rings is 5. The average molecular weight is 654 g/mol. The van der Waals surface area contributed by atoms with Crippen LogP contribution < -0.4 is 5.46 Å². The van der Waals surface area contributed by atoms with E-state index in [-0.39, 0.29) is 16.6 Å². The van der Waals surface area contributed by atoms with Crippen LogP contribution in [0.2, 0.25) is 0 Å². The molecule has 0 spiro atoms. The fourth-order valence-electron chi connectivity index (χ4n) is 6.50. The first kappa shape index (κ1) is 31.2. The van der Waals surface area contributed by atoms with Crippen LogP contribution in [0.5, 0.6) is 0 Å². The zero-order valence-electron chi connectivity index (χ0n) is 27.3. The number of pyridine rings is 1. The van der Waals surface area contributed by atoms with Crippen molar-refractivity contribution >= 4 is 45.3 Å². The Morgan fingerprint density at radius 3 is 1.73 bits per heavy atom. The monoisotopic (exact) mass is 653 g/mol. The van der Waals surface area contributed by atoms with Gasteiger partial charge in [-0.3, -0.25) is 0 Å². The van der Waals surface area contributed by atoms with E-state index in [1.54, 1.807) is 24.3 Å². The van der Waals surface area contributed by atoms with Crippen LogP contribution >= 0.6 is 0 Å². The maximum atomic E-state index is 15.3. The van der Waals surface area contributed by atoms with E-state index in [1.807, 2.05) is 113 Å². The van der Waals surface area contributed by atoms with Gasteiger partial charge in [0.25, 0.3) is 0 Å².